The number of rotatable bonds is 3. The van der Waals surface area contributed by atoms with E-state index in [2.05, 4.69) is 31.1 Å². The van der Waals surface area contributed by atoms with E-state index in [1.54, 1.807) is 17.4 Å². The summed E-state index contributed by atoms with van der Waals surface area (Å²) in [5.41, 5.74) is 2.00. The predicted molar refractivity (Wildman–Crippen MR) is 81.0 cm³/mol. The van der Waals surface area contributed by atoms with Gasteiger partial charge in [-0.2, -0.15) is 0 Å². The van der Waals surface area contributed by atoms with Crippen LogP contribution in [0, 0.1) is 6.92 Å². The number of benzene rings is 1. The SMILES string of the molecule is Cc1cc(NCc2cnc(C(C)(C)C)s2)ccc1O. The van der Waals surface area contributed by atoms with Gasteiger partial charge in [-0.1, -0.05) is 20.8 Å². The van der Waals surface area contributed by atoms with Gasteiger partial charge in [0.1, 0.15) is 5.75 Å². The molecule has 0 spiro atoms. The molecule has 2 N–H and O–H groups in total. The van der Waals surface area contributed by atoms with Crippen molar-refractivity contribution in [3.63, 3.8) is 0 Å². The molecule has 0 atom stereocenters. The number of thiazole rings is 1. The van der Waals surface area contributed by atoms with Crippen molar-refractivity contribution in [1.29, 1.82) is 0 Å². The maximum Gasteiger partial charge on any atom is 0.118 e. The zero-order chi connectivity index (χ0) is 14.0. The Morgan fingerprint density at radius 2 is 2.05 bits per heavy atom. The second kappa shape index (κ2) is 5.21. The first kappa shape index (κ1) is 13.9. The third kappa shape index (κ3) is 3.47. The first-order valence-electron chi connectivity index (χ1n) is 6.35. The molecule has 0 unspecified atom stereocenters. The van der Waals surface area contributed by atoms with E-state index in [9.17, 15) is 5.11 Å². The molecule has 1 aromatic heterocycles. The van der Waals surface area contributed by atoms with Crippen LogP contribution < -0.4 is 5.32 Å². The number of phenols is 1. The van der Waals surface area contributed by atoms with Crippen molar-refractivity contribution < 1.29 is 5.11 Å². The van der Waals surface area contributed by atoms with E-state index in [1.807, 2.05) is 25.3 Å². The number of nitrogens with zero attached hydrogens (tertiary/aromatic N) is 1. The summed E-state index contributed by atoms with van der Waals surface area (Å²) in [6.45, 7) is 9.17. The van der Waals surface area contributed by atoms with Crippen molar-refractivity contribution in [2.75, 3.05) is 5.32 Å². The molecule has 1 aromatic carbocycles. The fourth-order valence-electron chi connectivity index (χ4n) is 1.69. The Kier molecular flexibility index (Phi) is 3.80. The highest BCUT2D eigenvalue weighted by molar-refractivity contribution is 7.11. The molecule has 4 heteroatoms. The minimum Gasteiger partial charge on any atom is -0.508 e. The van der Waals surface area contributed by atoms with Gasteiger partial charge in [-0.15, -0.1) is 11.3 Å². The predicted octanol–water partition coefficient (Wildman–Crippen LogP) is 4.07. The third-order valence-corrected chi connectivity index (χ3v) is 4.28. The van der Waals surface area contributed by atoms with Crippen molar-refractivity contribution in [2.24, 2.45) is 0 Å². The zero-order valence-corrected chi connectivity index (χ0v) is 12.6. The second-order valence-corrected chi connectivity index (χ2v) is 6.85. The van der Waals surface area contributed by atoms with Gasteiger partial charge in [0.2, 0.25) is 0 Å². The molecule has 0 fully saturated rings. The van der Waals surface area contributed by atoms with Gasteiger partial charge in [0.15, 0.2) is 0 Å². The Labute approximate surface area is 118 Å². The Morgan fingerprint density at radius 3 is 2.63 bits per heavy atom. The summed E-state index contributed by atoms with van der Waals surface area (Å²) in [6.07, 6.45) is 1.94. The molecule has 0 amide bonds. The van der Waals surface area contributed by atoms with Crippen LogP contribution in [0.1, 0.15) is 36.2 Å². The average Bonchev–Trinajstić information content (AvgIpc) is 2.79. The molecule has 0 aliphatic rings. The number of anilines is 1. The van der Waals surface area contributed by atoms with Gasteiger partial charge in [0.05, 0.1) is 11.6 Å². The van der Waals surface area contributed by atoms with Crippen LogP contribution in [0.15, 0.2) is 24.4 Å². The molecule has 0 saturated heterocycles. The van der Waals surface area contributed by atoms with Crippen LogP contribution in [0.2, 0.25) is 0 Å². The van der Waals surface area contributed by atoms with Gasteiger partial charge in [-0.25, -0.2) is 4.98 Å². The van der Waals surface area contributed by atoms with Gasteiger partial charge in [0.25, 0.3) is 0 Å². The third-order valence-electron chi connectivity index (χ3n) is 2.86. The van der Waals surface area contributed by atoms with Gasteiger partial charge in [-0.3, -0.25) is 0 Å². The molecule has 0 aliphatic carbocycles. The molecule has 19 heavy (non-hydrogen) atoms. The molecule has 0 bridgehead atoms. The van der Waals surface area contributed by atoms with Gasteiger partial charge in [-0.05, 0) is 30.7 Å². The van der Waals surface area contributed by atoms with E-state index in [4.69, 9.17) is 0 Å². The van der Waals surface area contributed by atoms with E-state index < -0.39 is 0 Å². The van der Waals surface area contributed by atoms with Crippen LogP contribution in [0.5, 0.6) is 5.75 Å². The summed E-state index contributed by atoms with van der Waals surface area (Å²) in [6, 6.07) is 5.54. The molecular weight excluding hydrogens is 256 g/mol. The lowest BCUT2D eigenvalue weighted by Gasteiger charge is -2.13. The van der Waals surface area contributed by atoms with Gasteiger partial charge in [0, 0.05) is 22.2 Å². The molecule has 0 saturated carbocycles. The highest BCUT2D eigenvalue weighted by Crippen LogP contribution is 2.27. The lowest BCUT2D eigenvalue weighted by atomic mass is 9.98. The monoisotopic (exact) mass is 276 g/mol. The summed E-state index contributed by atoms with van der Waals surface area (Å²) in [7, 11) is 0. The Morgan fingerprint density at radius 1 is 1.32 bits per heavy atom. The Balaban J connectivity index is 2.02. The van der Waals surface area contributed by atoms with Crippen LogP contribution in [-0.4, -0.2) is 10.1 Å². The van der Waals surface area contributed by atoms with Crippen molar-refractivity contribution in [3.8, 4) is 5.75 Å². The first-order valence-corrected chi connectivity index (χ1v) is 7.16. The number of hydrogen-bond donors (Lipinski definition) is 2. The maximum atomic E-state index is 9.49. The van der Waals surface area contributed by atoms with Crippen molar-refractivity contribution in [1.82, 2.24) is 4.98 Å². The molecule has 1 heterocycles. The molecular formula is C15H20N2OS. The Bertz CT molecular complexity index is 570. The number of aryl methyl sites for hydroxylation is 1. The van der Waals surface area contributed by atoms with Crippen LogP contribution in [-0.2, 0) is 12.0 Å². The van der Waals surface area contributed by atoms with Gasteiger partial charge >= 0.3 is 0 Å². The molecule has 102 valence electrons. The molecule has 0 aliphatic heterocycles. The van der Waals surface area contributed by atoms with Crippen LogP contribution in [0.25, 0.3) is 0 Å². The summed E-state index contributed by atoms with van der Waals surface area (Å²) in [5.74, 6) is 0.332. The quantitative estimate of drug-likeness (QED) is 0.831. The lowest BCUT2D eigenvalue weighted by molar-refractivity contribution is 0.471. The number of hydrogen-bond acceptors (Lipinski definition) is 4. The van der Waals surface area contributed by atoms with Crippen LogP contribution >= 0.6 is 11.3 Å². The van der Waals surface area contributed by atoms with Crippen molar-refractivity contribution in [2.45, 2.75) is 39.7 Å². The lowest BCUT2D eigenvalue weighted by Crippen LogP contribution is -2.09. The number of aromatic hydroxyl groups is 1. The number of aromatic nitrogens is 1. The summed E-state index contributed by atoms with van der Waals surface area (Å²) >= 11 is 1.74. The fraction of sp³-hybridized carbons (Fsp3) is 0.400. The van der Waals surface area contributed by atoms with E-state index in [1.165, 1.54) is 4.88 Å². The highest BCUT2D eigenvalue weighted by atomic mass is 32.1. The summed E-state index contributed by atoms with van der Waals surface area (Å²) in [5, 5.41) is 14.0. The molecule has 3 nitrogen and oxygen atoms in total. The zero-order valence-electron chi connectivity index (χ0n) is 11.8. The maximum absolute atomic E-state index is 9.49. The van der Waals surface area contributed by atoms with Crippen molar-refractivity contribution in [3.05, 3.63) is 39.8 Å². The fourth-order valence-corrected chi connectivity index (χ4v) is 2.60. The highest BCUT2D eigenvalue weighted by Gasteiger charge is 2.17. The topological polar surface area (TPSA) is 45.2 Å². The summed E-state index contributed by atoms with van der Waals surface area (Å²) in [4.78, 5) is 5.69. The minimum atomic E-state index is 0.109. The standard InChI is InChI=1S/C15H20N2OS/c1-10-7-11(5-6-13(10)18)16-8-12-9-17-14(19-12)15(2,3)4/h5-7,9,16,18H,8H2,1-4H3. The van der Waals surface area contributed by atoms with Crippen LogP contribution in [0.3, 0.4) is 0 Å². The molecule has 0 radical (unpaired) electrons. The van der Waals surface area contributed by atoms with E-state index >= 15 is 0 Å². The Hall–Kier alpha value is -1.55. The van der Waals surface area contributed by atoms with Gasteiger partial charge < -0.3 is 10.4 Å². The second-order valence-electron chi connectivity index (χ2n) is 5.74. The molecule has 2 aromatic rings. The average molecular weight is 276 g/mol. The summed E-state index contributed by atoms with van der Waals surface area (Å²) < 4.78 is 0. The number of phenolic OH excluding ortho intramolecular Hbond substituents is 1. The molecule has 2 rings (SSSR count). The van der Waals surface area contributed by atoms with E-state index in [0.29, 0.717) is 5.75 Å². The van der Waals surface area contributed by atoms with Crippen LogP contribution in [0.4, 0.5) is 5.69 Å². The largest absolute Gasteiger partial charge is 0.508 e. The first-order chi connectivity index (χ1) is 8.86. The van der Waals surface area contributed by atoms with Crippen molar-refractivity contribution >= 4 is 17.0 Å². The van der Waals surface area contributed by atoms with E-state index in [-0.39, 0.29) is 5.41 Å². The smallest absolute Gasteiger partial charge is 0.118 e. The van der Waals surface area contributed by atoms with E-state index in [0.717, 1.165) is 22.8 Å². The normalized spacial score (nSPS) is 11.6. The minimum absolute atomic E-state index is 0.109. The number of nitrogens with one attached hydrogen (secondary N) is 1.